The molecule has 5 nitrogen and oxygen atoms in total. The molecule has 1 unspecified atom stereocenters. The highest BCUT2D eigenvalue weighted by atomic mass is 16.3. The Kier molecular flexibility index (Phi) is 2.93. The van der Waals surface area contributed by atoms with Gasteiger partial charge in [0.2, 0.25) is 5.43 Å². The zero-order valence-corrected chi connectivity index (χ0v) is 9.24. The Morgan fingerprint density at radius 1 is 1.41 bits per heavy atom. The van der Waals surface area contributed by atoms with E-state index in [1.165, 1.54) is 23.0 Å². The molecule has 2 N–H and O–H groups in total. The minimum Gasteiger partial charge on any atom is -0.503 e. The summed E-state index contributed by atoms with van der Waals surface area (Å²) >= 11 is 0. The fraction of sp³-hybridized carbons (Fsp3) is 0.167. The molecular weight excluding hydrogens is 220 g/mol. The molecule has 0 aliphatic heterocycles. The number of aryl methyl sites for hydroxylation is 1. The first-order valence-electron chi connectivity index (χ1n) is 5.07. The third-order valence-corrected chi connectivity index (χ3v) is 2.56. The zero-order valence-electron chi connectivity index (χ0n) is 9.24. The molecule has 0 saturated carbocycles. The number of aliphatic hydroxyl groups is 1. The van der Waals surface area contributed by atoms with E-state index in [2.05, 4.69) is 4.98 Å². The molecule has 0 aliphatic rings. The Bertz CT molecular complexity index is 578. The summed E-state index contributed by atoms with van der Waals surface area (Å²) in [7, 11) is 1.65. The molecule has 0 saturated heterocycles. The molecule has 2 rings (SSSR count). The Balaban J connectivity index is 2.55. The van der Waals surface area contributed by atoms with Crippen LogP contribution < -0.4 is 5.43 Å². The second kappa shape index (κ2) is 4.39. The number of aromatic hydroxyl groups is 1. The second-order valence-corrected chi connectivity index (χ2v) is 3.71. The summed E-state index contributed by atoms with van der Waals surface area (Å²) in [5.74, 6) is -0.439. The molecule has 0 bridgehead atoms. The minimum absolute atomic E-state index is 0.158. The zero-order chi connectivity index (χ0) is 12.4. The van der Waals surface area contributed by atoms with Gasteiger partial charge in [0.05, 0.1) is 5.69 Å². The van der Waals surface area contributed by atoms with Crippen molar-refractivity contribution in [3.8, 4) is 5.75 Å². The van der Waals surface area contributed by atoms with E-state index in [9.17, 15) is 15.0 Å². The van der Waals surface area contributed by atoms with Crippen molar-refractivity contribution in [2.45, 2.75) is 6.10 Å². The van der Waals surface area contributed by atoms with Gasteiger partial charge in [0.25, 0.3) is 0 Å². The molecule has 88 valence electrons. The maximum absolute atomic E-state index is 11.3. The monoisotopic (exact) mass is 232 g/mol. The summed E-state index contributed by atoms with van der Waals surface area (Å²) in [6.45, 7) is 0. The molecule has 2 heterocycles. The predicted molar refractivity (Wildman–Crippen MR) is 61.6 cm³/mol. The number of pyridine rings is 2. The summed E-state index contributed by atoms with van der Waals surface area (Å²) in [6, 6.07) is 4.60. The molecule has 0 aliphatic carbocycles. The Labute approximate surface area is 97.6 Å². The van der Waals surface area contributed by atoms with Crippen LogP contribution in [0.4, 0.5) is 0 Å². The Morgan fingerprint density at radius 2 is 2.18 bits per heavy atom. The first-order valence-corrected chi connectivity index (χ1v) is 5.07. The fourth-order valence-electron chi connectivity index (χ4n) is 1.65. The van der Waals surface area contributed by atoms with Gasteiger partial charge in [-0.25, -0.2) is 0 Å². The third-order valence-electron chi connectivity index (χ3n) is 2.56. The van der Waals surface area contributed by atoms with Crippen molar-refractivity contribution >= 4 is 0 Å². The van der Waals surface area contributed by atoms with Crippen LogP contribution in [0, 0.1) is 0 Å². The lowest BCUT2D eigenvalue weighted by atomic mass is 10.1. The smallest absolute Gasteiger partial charge is 0.223 e. The van der Waals surface area contributed by atoms with Gasteiger partial charge in [-0.05, 0) is 6.07 Å². The SMILES string of the molecule is Cn1ccc(=O)c(O)c1C(O)c1cccnc1. The van der Waals surface area contributed by atoms with Crippen molar-refractivity contribution in [3.05, 3.63) is 58.3 Å². The average Bonchev–Trinajstić information content (AvgIpc) is 2.35. The van der Waals surface area contributed by atoms with E-state index in [1.807, 2.05) is 0 Å². The summed E-state index contributed by atoms with van der Waals surface area (Å²) in [6.07, 6.45) is 3.49. The summed E-state index contributed by atoms with van der Waals surface area (Å²) < 4.78 is 1.51. The van der Waals surface area contributed by atoms with Gasteiger partial charge in [-0.3, -0.25) is 9.78 Å². The van der Waals surface area contributed by atoms with Gasteiger partial charge < -0.3 is 14.8 Å². The van der Waals surface area contributed by atoms with E-state index in [-0.39, 0.29) is 5.69 Å². The lowest BCUT2D eigenvalue weighted by Crippen LogP contribution is -2.14. The topological polar surface area (TPSA) is 75.4 Å². The van der Waals surface area contributed by atoms with Crippen molar-refractivity contribution in [1.29, 1.82) is 0 Å². The first-order chi connectivity index (χ1) is 8.11. The van der Waals surface area contributed by atoms with E-state index in [1.54, 1.807) is 25.4 Å². The highest BCUT2D eigenvalue weighted by Crippen LogP contribution is 2.25. The van der Waals surface area contributed by atoms with Crippen LogP contribution in [-0.4, -0.2) is 19.8 Å². The molecule has 5 heteroatoms. The van der Waals surface area contributed by atoms with Crippen molar-refractivity contribution in [2.24, 2.45) is 7.05 Å². The molecular formula is C12H12N2O3. The predicted octanol–water partition coefficient (Wildman–Crippen LogP) is 0.568. The maximum atomic E-state index is 11.3. The van der Waals surface area contributed by atoms with E-state index >= 15 is 0 Å². The number of nitrogens with zero attached hydrogens (tertiary/aromatic N) is 2. The van der Waals surface area contributed by atoms with Gasteiger partial charge in [-0.2, -0.15) is 0 Å². The number of hydrogen-bond donors (Lipinski definition) is 2. The van der Waals surface area contributed by atoms with Crippen LogP contribution in [0.2, 0.25) is 0 Å². The molecule has 1 atom stereocenters. The summed E-state index contributed by atoms with van der Waals surface area (Å²) in [4.78, 5) is 15.2. The molecule has 0 fully saturated rings. The molecule has 17 heavy (non-hydrogen) atoms. The minimum atomic E-state index is -1.08. The summed E-state index contributed by atoms with van der Waals surface area (Å²) in [5.41, 5.74) is 0.163. The van der Waals surface area contributed by atoms with Crippen LogP contribution in [0.25, 0.3) is 0 Å². The van der Waals surface area contributed by atoms with Crippen LogP contribution in [0.3, 0.4) is 0 Å². The van der Waals surface area contributed by atoms with Crippen molar-refractivity contribution in [3.63, 3.8) is 0 Å². The highest BCUT2D eigenvalue weighted by Gasteiger charge is 2.18. The normalized spacial score (nSPS) is 12.4. The number of aromatic nitrogens is 2. The number of hydrogen-bond acceptors (Lipinski definition) is 4. The molecule has 2 aromatic heterocycles. The molecule has 0 amide bonds. The number of rotatable bonds is 2. The van der Waals surface area contributed by atoms with Gasteiger partial charge >= 0.3 is 0 Å². The van der Waals surface area contributed by atoms with Crippen LogP contribution in [-0.2, 0) is 7.05 Å². The van der Waals surface area contributed by atoms with Gasteiger partial charge in [0.1, 0.15) is 6.10 Å². The third kappa shape index (κ3) is 2.05. The van der Waals surface area contributed by atoms with E-state index in [0.29, 0.717) is 5.56 Å². The van der Waals surface area contributed by atoms with E-state index < -0.39 is 17.3 Å². The highest BCUT2D eigenvalue weighted by molar-refractivity contribution is 5.34. The second-order valence-electron chi connectivity index (χ2n) is 3.71. The standard InChI is InChI=1S/C12H12N2O3/c1-14-6-4-9(15)12(17)10(14)11(16)8-3-2-5-13-7-8/h2-7,11,16-17H,1H3. The van der Waals surface area contributed by atoms with Gasteiger partial charge in [-0.1, -0.05) is 6.07 Å². The fourth-order valence-corrected chi connectivity index (χ4v) is 1.65. The van der Waals surface area contributed by atoms with Gasteiger partial charge in [-0.15, -0.1) is 0 Å². The lowest BCUT2D eigenvalue weighted by Gasteiger charge is -2.16. The molecule has 0 aromatic carbocycles. The number of aliphatic hydroxyl groups excluding tert-OH is 1. The van der Waals surface area contributed by atoms with Crippen LogP contribution in [0.15, 0.2) is 41.6 Å². The van der Waals surface area contributed by atoms with Crippen LogP contribution >= 0.6 is 0 Å². The summed E-state index contributed by atoms with van der Waals surface area (Å²) in [5, 5.41) is 19.8. The largest absolute Gasteiger partial charge is 0.503 e. The van der Waals surface area contributed by atoms with Crippen molar-refractivity contribution in [1.82, 2.24) is 9.55 Å². The van der Waals surface area contributed by atoms with Gasteiger partial charge in [0.15, 0.2) is 5.75 Å². The van der Waals surface area contributed by atoms with Crippen LogP contribution in [0.1, 0.15) is 17.4 Å². The lowest BCUT2D eigenvalue weighted by molar-refractivity contribution is 0.204. The Hall–Kier alpha value is -2.14. The quantitative estimate of drug-likeness (QED) is 0.793. The van der Waals surface area contributed by atoms with Crippen molar-refractivity contribution < 1.29 is 10.2 Å². The molecule has 2 aromatic rings. The molecule has 0 spiro atoms. The van der Waals surface area contributed by atoms with Crippen LogP contribution in [0.5, 0.6) is 5.75 Å². The van der Waals surface area contributed by atoms with Gasteiger partial charge in [0, 0.05) is 37.3 Å². The van der Waals surface area contributed by atoms with E-state index in [0.717, 1.165) is 0 Å². The first kappa shape index (κ1) is 11.3. The Morgan fingerprint density at radius 3 is 2.82 bits per heavy atom. The maximum Gasteiger partial charge on any atom is 0.223 e. The van der Waals surface area contributed by atoms with Crippen molar-refractivity contribution in [2.75, 3.05) is 0 Å². The molecule has 0 radical (unpaired) electrons. The average molecular weight is 232 g/mol. The van der Waals surface area contributed by atoms with E-state index in [4.69, 9.17) is 0 Å².